The van der Waals surface area contributed by atoms with E-state index >= 15 is 0 Å². The molecule has 1 amide bonds. The molecule has 1 aliphatic rings. The van der Waals surface area contributed by atoms with Crippen LogP contribution in [0.2, 0.25) is 0 Å². The molecule has 4 aromatic rings. The van der Waals surface area contributed by atoms with Gasteiger partial charge in [0.2, 0.25) is 5.88 Å². The number of carbonyl (C=O) groups is 1. The third-order valence-electron chi connectivity index (χ3n) is 6.50. The third kappa shape index (κ3) is 5.67. The minimum Gasteiger partial charge on any atom is -0.497 e. The Morgan fingerprint density at radius 1 is 1.03 bits per heavy atom. The standard InChI is InChI=1S/C30H31N3O4/c1-22-28(21-32(20-27-17-10-18-36-27)29(34)23-11-5-3-6-12-23)30(33(31-22)24-13-7-4-8-14-24)37-26-16-9-15-25(19-26)35-2/h3-9,11-16,19,27H,10,17-18,20-21H2,1-2H3. The molecule has 2 heterocycles. The molecule has 1 atom stereocenters. The fourth-order valence-electron chi connectivity index (χ4n) is 4.55. The summed E-state index contributed by atoms with van der Waals surface area (Å²) in [6, 6.07) is 26.7. The molecule has 1 saturated heterocycles. The number of methoxy groups -OCH3 is 1. The van der Waals surface area contributed by atoms with Gasteiger partial charge in [-0.25, -0.2) is 4.68 Å². The lowest BCUT2D eigenvalue weighted by atomic mass is 10.1. The largest absolute Gasteiger partial charge is 0.497 e. The first kappa shape index (κ1) is 24.6. The topological polar surface area (TPSA) is 65.8 Å². The van der Waals surface area contributed by atoms with Crippen LogP contribution < -0.4 is 9.47 Å². The Hall–Kier alpha value is -4.10. The molecule has 3 aromatic carbocycles. The molecule has 0 aliphatic carbocycles. The molecule has 0 N–H and O–H groups in total. The van der Waals surface area contributed by atoms with E-state index in [1.54, 1.807) is 11.8 Å². The summed E-state index contributed by atoms with van der Waals surface area (Å²) in [5, 5.41) is 4.83. The van der Waals surface area contributed by atoms with Crippen LogP contribution in [0.15, 0.2) is 84.9 Å². The molecule has 7 nitrogen and oxygen atoms in total. The van der Waals surface area contributed by atoms with Gasteiger partial charge < -0.3 is 19.1 Å². The van der Waals surface area contributed by atoms with Gasteiger partial charge in [-0.1, -0.05) is 42.5 Å². The first-order chi connectivity index (χ1) is 18.1. The van der Waals surface area contributed by atoms with Crippen molar-refractivity contribution in [1.82, 2.24) is 14.7 Å². The first-order valence-corrected chi connectivity index (χ1v) is 12.5. The fraction of sp³-hybridized carbons (Fsp3) is 0.267. The lowest BCUT2D eigenvalue weighted by molar-refractivity contribution is 0.0505. The van der Waals surface area contributed by atoms with Gasteiger partial charge in [-0.3, -0.25) is 4.79 Å². The molecule has 1 aromatic heterocycles. The highest BCUT2D eigenvalue weighted by atomic mass is 16.5. The molecule has 1 unspecified atom stereocenters. The highest BCUT2D eigenvalue weighted by molar-refractivity contribution is 5.94. The number of nitrogens with zero attached hydrogens (tertiary/aromatic N) is 3. The number of benzene rings is 3. The summed E-state index contributed by atoms with van der Waals surface area (Å²) < 4.78 is 19.6. The number of aromatic nitrogens is 2. The maximum Gasteiger partial charge on any atom is 0.254 e. The van der Waals surface area contributed by atoms with E-state index in [1.165, 1.54) is 0 Å². The second-order valence-electron chi connectivity index (χ2n) is 9.08. The highest BCUT2D eigenvalue weighted by Crippen LogP contribution is 2.33. The maximum atomic E-state index is 13.7. The third-order valence-corrected chi connectivity index (χ3v) is 6.50. The van der Waals surface area contributed by atoms with Crippen LogP contribution in [-0.4, -0.2) is 47.0 Å². The van der Waals surface area contributed by atoms with E-state index in [1.807, 2.05) is 96.8 Å². The summed E-state index contributed by atoms with van der Waals surface area (Å²) in [7, 11) is 1.63. The van der Waals surface area contributed by atoms with Crippen LogP contribution in [0.25, 0.3) is 5.69 Å². The van der Waals surface area contributed by atoms with E-state index in [4.69, 9.17) is 19.3 Å². The SMILES string of the molecule is COc1cccc(Oc2c(CN(CC3CCCO3)C(=O)c3ccccc3)c(C)nn2-c2ccccc2)c1. The van der Waals surface area contributed by atoms with Crippen molar-refractivity contribution in [2.24, 2.45) is 0 Å². The molecule has 5 rings (SSSR count). The smallest absolute Gasteiger partial charge is 0.254 e. The summed E-state index contributed by atoms with van der Waals surface area (Å²) >= 11 is 0. The summed E-state index contributed by atoms with van der Waals surface area (Å²) in [6.45, 7) is 3.52. The Bertz CT molecular complexity index is 1330. The van der Waals surface area contributed by atoms with E-state index < -0.39 is 0 Å². The van der Waals surface area contributed by atoms with Crippen LogP contribution >= 0.6 is 0 Å². The van der Waals surface area contributed by atoms with Gasteiger partial charge in [0.15, 0.2) is 0 Å². The van der Waals surface area contributed by atoms with Crippen LogP contribution in [-0.2, 0) is 11.3 Å². The van der Waals surface area contributed by atoms with Crippen molar-refractivity contribution in [1.29, 1.82) is 0 Å². The van der Waals surface area contributed by atoms with Gasteiger partial charge in [-0.15, -0.1) is 0 Å². The summed E-state index contributed by atoms with van der Waals surface area (Å²) in [4.78, 5) is 15.5. The van der Waals surface area contributed by atoms with Crippen molar-refractivity contribution in [2.75, 3.05) is 20.3 Å². The molecular weight excluding hydrogens is 466 g/mol. The average molecular weight is 498 g/mol. The number of para-hydroxylation sites is 1. The first-order valence-electron chi connectivity index (χ1n) is 12.5. The summed E-state index contributed by atoms with van der Waals surface area (Å²) in [5.41, 5.74) is 3.15. The number of ether oxygens (including phenoxy) is 3. The van der Waals surface area contributed by atoms with Crippen LogP contribution in [0.1, 0.15) is 34.5 Å². The zero-order valence-corrected chi connectivity index (χ0v) is 21.2. The van der Waals surface area contributed by atoms with Crippen LogP contribution in [0, 0.1) is 6.92 Å². The Morgan fingerprint density at radius 3 is 2.46 bits per heavy atom. The second-order valence-corrected chi connectivity index (χ2v) is 9.08. The normalized spacial score (nSPS) is 14.9. The Balaban J connectivity index is 1.55. The number of carbonyl (C=O) groups excluding carboxylic acids is 1. The van der Waals surface area contributed by atoms with Gasteiger partial charge in [0.05, 0.1) is 36.7 Å². The van der Waals surface area contributed by atoms with Crippen molar-refractivity contribution in [3.63, 3.8) is 0 Å². The molecule has 1 aliphatic heterocycles. The summed E-state index contributed by atoms with van der Waals surface area (Å²) in [6.07, 6.45) is 1.96. The fourth-order valence-corrected chi connectivity index (χ4v) is 4.55. The molecule has 7 heteroatoms. The predicted octanol–water partition coefficient (Wildman–Crippen LogP) is 5.80. The zero-order chi connectivity index (χ0) is 25.6. The number of hydrogen-bond acceptors (Lipinski definition) is 5. The van der Waals surface area contributed by atoms with Crippen LogP contribution in [0.3, 0.4) is 0 Å². The van der Waals surface area contributed by atoms with Crippen molar-refractivity contribution in [3.05, 3.63) is 102 Å². The van der Waals surface area contributed by atoms with Gasteiger partial charge in [0.1, 0.15) is 11.5 Å². The Labute approximate surface area is 217 Å². The highest BCUT2D eigenvalue weighted by Gasteiger charge is 2.28. The second kappa shape index (κ2) is 11.3. The van der Waals surface area contributed by atoms with Gasteiger partial charge >= 0.3 is 0 Å². The van der Waals surface area contributed by atoms with E-state index in [0.717, 1.165) is 36.4 Å². The van der Waals surface area contributed by atoms with Gasteiger partial charge in [-0.2, -0.15) is 5.10 Å². The molecule has 190 valence electrons. The molecular formula is C30H31N3O4. The van der Waals surface area contributed by atoms with Crippen molar-refractivity contribution in [3.8, 4) is 23.1 Å². The Morgan fingerprint density at radius 2 is 1.76 bits per heavy atom. The van der Waals surface area contributed by atoms with E-state index in [9.17, 15) is 4.79 Å². The predicted molar refractivity (Wildman–Crippen MR) is 142 cm³/mol. The monoisotopic (exact) mass is 497 g/mol. The van der Waals surface area contributed by atoms with E-state index in [-0.39, 0.29) is 12.0 Å². The summed E-state index contributed by atoms with van der Waals surface area (Å²) in [5.74, 6) is 1.84. The minimum atomic E-state index is -0.0460. The number of rotatable bonds is 9. The molecule has 0 radical (unpaired) electrons. The molecule has 0 spiro atoms. The van der Waals surface area contributed by atoms with Crippen molar-refractivity contribution < 1.29 is 19.0 Å². The van der Waals surface area contributed by atoms with Crippen molar-refractivity contribution >= 4 is 5.91 Å². The van der Waals surface area contributed by atoms with Crippen LogP contribution in [0.5, 0.6) is 17.4 Å². The average Bonchev–Trinajstić information content (AvgIpc) is 3.57. The van der Waals surface area contributed by atoms with Gasteiger partial charge in [0, 0.05) is 24.8 Å². The number of hydrogen-bond donors (Lipinski definition) is 0. The quantitative estimate of drug-likeness (QED) is 0.292. The number of amides is 1. The zero-order valence-electron chi connectivity index (χ0n) is 21.2. The molecule has 37 heavy (non-hydrogen) atoms. The molecule has 1 fully saturated rings. The lowest BCUT2D eigenvalue weighted by Crippen LogP contribution is -2.37. The van der Waals surface area contributed by atoms with Gasteiger partial charge in [-0.05, 0) is 56.2 Å². The molecule has 0 bridgehead atoms. The minimum absolute atomic E-state index is 0.0138. The van der Waals surface area contributed by atoms with Gasteiger partial charge in [0.25, 0.3) is 5.91 Å². The number of aryl methyl sites for hydroxylation is 1. The Kier molecular flexibility index (Phi) is 7.51. The lowest BCUT2D eigenvalue weighted by Gasteiger charge is -2.26. The van der Waals surface area contributed by atoms with Crippen molar-refractivity contribution in [2.45, 2.75) is 32.4 Å². The maximum absolute atomic E-state index is 13.7. The molecule has 0 saturated carbocycles. The van der Waals surface area contributed by atoms with E-state index in [2.05, 4.69) is 0 Å². The van der Waals surface area contributed by atoms with Crippen LogP contribution in [0.4, 0.5) is 0 Å². The van der Waals surface area contributed by atoms with E-state index in [0.29, 0.717) is 36.0 Å².